The normalized spacial score (nSPS) is 13.0. The average molecular weight is 328 g/mol. The third-order valence-electron chi connectivity index (χ3n) is 3.82. The topological polar surface area (TPSA) is 73.6 Å². The summed E-state index contributed by atoms with van der Waals surface area (Å²) in [7, 11) is 3.21. The number of hydrogen-bond donors (Lipinski definition) is 2. The first-order valence-corrected chi connectivity index (χ1v) is 7.87. The zero-order valence-corrected chi connectivity index (χ0v) is 14.3. The highest BCUT2D eigenvalue weighted by molar-refractivity contribution is 5.81. The summed E-state index contributed by atoms with van der Waals surface area (Å²) in [6, 6.07) is 14.9. The molecule has 0 heterocycles. The van der Waals surface area contributed by atoms with Crippen molar-refractivity contribution in [3.05, 3.63) is 59.7 Å². The minimum absolute atomic E-state index is 0.164. The van der Waals surface area contributed by atoms with E-state index < -0.39 is 6.04 Å². The summed E-state index contributed by atoms with van der Waals surface area (Å²) >= 11 is 0. The number of carbonyl (C=O) groups is 1. The van der Waals surface area contributed by atoms with Gasteiger partial charge in [-0.1, -0.05) is 36.4 Å². The van der Waals surface area contributed by atoms with Crippen molar-refractivity contribution >= 4 is 5.91 Å². The maximum Gasteiger partial charge on any atom is 0.237 e. The van der Waals surface area contributed by atoms with Crippen molar-refractivity contribution in [1.82, 2.24) is 5.32 Å². The lowest BCUT2D eigenvalue weighted by molar-refractivity contribution is -0.122. The zero-order chi connectivity index (χ0) is 17.5. The molecule has 0 aliphatic carbocycles. The van der Waals surface area contributed by atoms with Gasteiger partial charge in [-0.05, 0) is 36.6 Å². The number of nitrogens with one attached hydrogen (secondary N) is 1. The molecular formula is C19H24N2O3. The van der Waals surface area contributed by atoms with Crippen LogP contribution in [0.5, 0.6) is 11.5 Å². The Morgan fingerprint density at radius 3 is 2.33 bits per heavy atom. The molecule has 0 radical (unpaired) electrons. The minimum atomic E-state index is -0.554. The van der Waals surface area contributed by atoms with Gasteiger partial charge in [0.2, 0.25) is 5.91 Å². The molecule has 0 spiro atoms. The highest BCUT2D eigenvalue weighted by atomic mass is 16.5. The van der Waals surface area contributed by atoms with Gasteiger partial charge in [0.05, 0.1) is 26.3 Å². The molecule has 0 saturated carbocycles. The molecular weight excluding hydrogens is 304 g/mol. The van der Waals surface area contributed by atoms with Gasteiger partial charge in [0.1, 0.15) is 0 Å². The molecule has 2 aromatic carbocycles. The fourth-order valence-electron chi connectivity index (χ4n) is 2.48. The summed E-state index contributed by atoms with van der Waals surface area (Å²) < 4.78 is 10.6. The van der Waals surface area contributed by atoms with E-state index >= 15 is 0 Å². The summed E-state index contributed by atoms with van der Waals surface area (Å²) in [6.07, 6.45) is 0.628. The standard InChI is InChI=1S/C19H24N2O3/c1-13(20)19(22)21-16(15-7-5-4-6-8-15)11-14-9-10-17(23-2)18(12-14)24-3/h4-10,12-13,16H,11,20H2,1-3H3,(H,21,22)/t13-,16?/m0/s1. The summed E-state index contributed by atoms with van der Waals surface area (Å²) in [6.45, 7) is 1.67. The number of carbonyl (C=O) groups excluding carboxylic acids is 1. The second-order valence-electron chi connectivity index (χ2n) is 5.65. The molecule has 5 heteroatoms. The Balaban J connectivity index is 2.26. The Bertz CT molecular complexity index is 672. The molecule has 0 aliphatic rings. The van der Waals surface area contributed by atoms with E-state index in [4.69, 9.17) is 15.2 Å². The van der Waals surface area contributed by atoms with Gasteiger partial charge < -0.3 is 20.5 Å². The van der Waals surface area contributed by atoms with Crippen LogP contribution < -0.4 is 20.5 Å². The average Bonchev–Trinajstić information content (AvgIpc) is 2.61. The number of methoxy groups -OCH3 is 2. The van der Waals surface area contributed by atoms with Gasteiger partial charge in [0, 0.05) is 0 Å². The lowest BCUT2D eigenvalue weighted by atomic mass is 9.98. The highest BCUT2D eigenvalue weighted by Crippen LogP contribution is 2.29. The molecule has 0 aliphatic heterocycles. The van der Waals surface area contributed by atoms with Crippen LogP contribution in [-0.2, 0) is 11.2 Å². The Kier molecular flexibility index (Phi) is 6.21. The Morgan fingerprint density at radius 1 is 1.08 bits per heavy atom. The van der Waals surface area contributed by atoms with E-state index in [1.807, 2.05) is 48.5 Å². The predicted molar refractivity (Wildman–Crippen MR) is 94.2 cm³/mol. The summed E-state index contributed by atoms with van der Waals surface area (Å²) in [5.74, 6) is 1.17. The largest absolute Gasteiger partial charge is 0.493 e. The fourth-order valence-corrected chi connectivity index (χ4v) is 2.48. The van der Waals surface area contributed by atoms with Gasteiger partial charge in [-0.25, -0.2) is 0 Å². The second kappa shape index (κ2) is 8.36. The number of rotatable bonds is 7. The van der Waals surface area contributed by atoms with Gasteiger partial charge in [-0.2, -0.15) is 0 Å². The Hall–Kier alpha value is -2.53. The SMILES string of the molecule is COc1ccc(CC(NC(=O)[C@H](C)N)c2ccccc2)cc1OC. The lowest BCUT2D eigenvalue weighted by Gasteiger charge is -2.21. The summed E-state index contributed by atoms with van der Waals surface area (Å²) in [5, 5.41) is 3.01. The van der Waals surface area contributed by atoms with E-state index in [1.165, 1.54) is 0 Å². The smallest absolute Gasteiger partial charge is 0.237 e. The quantitative estimate of drug-likeness (QED) is 0.819. The van der Waals surface area contributed by atoms with Crippen LogP contribution in [0.1, 0.15) is 24.1 Å². The van der Waals surface area contributed by atoms with E-state index in [2.05, 4.69) is 5.32 Å². The molecule has 1 unspecified atom stereocenters. The maximum atomic E-state index is 12.1. The van der Waals surface area contributed by atoms with Crippen molar-refractivity contribution in [2.75, 3.05) is 14.2 Å². The van der Waals surface area contributed by atoms with Crippen LogP contribution in [0.4, 0.5) is 0 Å². The van der Waals surface area contributed by atoms with Gasteiger partial charge in [0.25, 0.3) is 0 Å². The Labute approximate surface area is 142 Å². The van der Waals surface area contributed by atoms with Gasteiger partial charge in [0.15, 0.2) is 11.5 Å². The highest BCUT2D eigenvalue weighted by Gasteiger charge is 2.18. The first kappa shape index (κ1) is 17.8. The molecule has 0 fully saturated rings. The van der Waals surface area contributed by atoms with E-state index in [1.54, 1.807) is 21.1 Å². The van der Waals surface area contributed by atoms with Crippen LogP contribution in [-0.4, -0.2) is 26.2 Å². The molecule has 2 aromatic rings. The van der Waals surface area contributed by atoms with Crippen LogP contribution in [0.25, 0.3) is 0 Å². The first-order chi connectivity index (χ1) is 11.5. The van der Waals surface area contributed by atoms with Crippen LogP contribution >= 0.6 is 0 Å². The number of benzene rings is 2. The molecule has 0 aromatic heterocycles. The summed E-state index contributed by atoms with van der Waals surface area (Å²) in [5.41, 5.74) is 7.75. The zero-order valence-electron chi connectivity index (χ0n) is 14.3. The maximum absolute atomic E-state index is 12.1. The number of nitrogens with two attached hydrogens (primary N) is 1. The third kappa shape index (κ3) is 4.49. The van der Waals surface area contributed by atoms with Crippen molar-refractivity contribution in [3.8, 4) is 11.5 Å². The molecule has 0 saturated heterocycles. The van der Waals surface area contributed by atoms with E-state index in [0.717, 1.165) is 11.1 Å². The molecule has 2 atom stereocenters. The molecule has 24 heavy (non-hydrogen) atoms. The van der Waals surface area contributed by atoms with Crippen LogP contribution in [0.3, 0.4) is 0 Å². The fraction of sp³-hybridized carbons (Fsp3) is 0.316. The second-order valence-corrected chi connectivity index (χ2v) is 5.65. The monoisotopic (exact) mass is 328 g/mol. The number of ether oxygens (including phenoxy) is 2. The van der Waals surface area contributed by atoms with E-state index in [9.17, 15) is 4.79 Å². The molecule has 5 nitrogen and oxygen atoms in total. The van der Waals surface area contributed by atoms with Crippen molar-refractivity contribution < 1.29 is 14.3 Å². The van der Waals surface area contributed by atoms with Crippen molar-refractivity contribution in [2.45, 2.75) is 25.4 Å². The van der Waals surface area contributed by atoms with Crippen molar-refractivity contribution in [3.63, 3.8) is 0 Å². The van der Waals surface area contributed by atoms with Crippen molar-refractivity contribution in [1.29, 1.82) is 0 Å². The van der Waals surface area contributed by atoms with Crippen LogP contribution in [0.15, 0.2) is 48.5 Å². The summed E-state index contributed by atoms with van der Waals surface area (Å²) in [4.78, 5) is 12.1. The molecule has 1 amide bonds. The third-order valence-corrected chi connectivity index (χ3v) is 3.82. The van der Waals surface area contributed by atoms with E-state index in [-0.39, 0.29) is 11.9 Å². The minimum Gasteiger partial charge on any atom is -0.493 e. The lowest BCUT2D eigenvalue weighted by Crippen LogP contribution is -2.40. The molecule has 3 N–H and O–H groups in total. The van der Waals surface area contributed by atoms with Gasteiger partial charge in [-0.15, -0.1) is 0 Å². The van der Waals surface area contributed by atoms with Crippen LogP contribution in [0.2, 0.25) is 0 Å². The molecule has 0 bridgehead atoms. The van der Waals surface area contributed by atoms with Crippen LogP contribution in [0, 0.1) is 0 Å². The van der Waals surface area contributed by atoms with Gasteiger partial charge in [-0.3, -0.25) is 4.79 Å². The van der Waals surface area contributed by atoms with E-state index in [0.29, 0.717) is 17.9 Å². The molecule has 2 rings (SSSR count). The molecule has 128 valence electrons. The predicted octanol–water partition coefficient (Wildman–Crippen LogP) is 2.45. The Morgan fingerprint density at radius 2 is 1.75 bits per heavy atom. The number of hydrogen-bond acceptors (Lipinski definition) is 4. The van der Waals surface area contributed by atoms with Crippen molar-refractivity contribution in [2.24, 2.45) is 5.73 Å². The van der Waals surface area contributed by atoms with Gasteiger partial charge >= 0.3 is 0 Å². The number of amides is 1. The first-order valence-electron chi connectivity index (χ1n) is 7.87.